The molecule has 0 atom stereocenters. The van der Waals surface area contributed by atoms with Crippen LogP contribution < -0.4 is 0 Å². The van der Waals surface area contributed by atoms with Crippen LogP contribution in [0.3, 0.4) is 0 Å². The van der Waals surface area contributed by atoms with E-state index < -0.39 is 15.6 Å². The second kappa shape index (κ2) is 3.49. The molecular weight excluding hydrogens is 258 g/mol. The monoisotopic (exact) mass is 271 g/mol. The molecular formula is C7H14BrNO3S. The third kappa shape index (κ3) is 2.06. The first-order valence-electron chi connectivity index (χ1n) is 4.08. The first-order chi connectivity index (χ1) is 5.82. The second-order valence-corrected chi connectivity index (χ2v) is 7.02. The highest BCUT2D eigenvalue weighted by atomic mass is 79.9. The number of hydrogen-bond acceptors (Lipinski definition) is 3. The molecule has 0 spiro atoms. The molecule has 0 aliphatic carbocycles. The predicted octanol–water partition coefficient (Wildman–Crippen LogP) is 0.371. The lowest BCUT2D eigenvalue weighted by molar-refractivity contribution is -0.0930. The quantitative estimate of drug-likeness (QED) is 0.755. The van der Waals surface area contributed by atoms with Crippen LogP contribution in [0, 0.1) is 5.92 Å². The lowest BCUT2D eigenvalue weighted by atomic mass is 9.85. The Morgan fingerprint density at radius 3 is 2.31 bits per heavy atom. The predicted molar refractivity (Wildman–Crippen MR) is 54.1 cm³/mol. The summed E-state index contributed by atoms with van der Waals surface area (Å²) in [5.74, 6) is 0.0919. The van der Waals surface area contributed by atoms with Crippen molar-refractivity contribution in [2.24, 2.45) is 5.92 Å². The first-order valence-corrected chi connectivity index (χ1v) is 6.81. The van der Waals surface area contributed by atoms with Gasteiger partial charge in [0.05, 0.1) is 5.60 Å². The Hall–Kier alpha value is 0.350. The zero-order chi connectivity index (χ0) is 10.3. The molecule has 0 amide bonds. The highest BCUT2D eigenvalue weighted by Crippen LogP contribution is 2.30. The average molecular weight is 272 g/mol. The summed E-state index contributed by atoms with van der Waals surface area (Å²) in [5.41, 5.74) is -0.824. The number of β-amino-alcohol motifs (C(OH)–C–C–N with tert-alkyl or cyclic N) is 1. The van der Waals surface area contributed by atoms with Gasteiger partial charge in [0.1, 0.15) is 4.66 Å². The molecule has 1 N–H and O–H groups in total. The van der Waals surface area contributed by atoms with Crippen LogP contribution in [0.2, 0.25) is 0 Å². The average Bonchev–Trinajstić information content (AvgIpc) is 1.98. The van der Waals surface area contributed by atoms with Crippen LogP contribution in [-0.4, -0.2) is 41.2 Å². The zero-order valence-electron chi connectivity index (χ0n) is 7.70. The summed E-state index contributed by atoms with van der Waals surface area (Å²) in [5, 5.41) is 9.80. The maximum absolute atomic E-state index is 11.3. The Bertz CT molecular complexity index is 282. The smallest absolute Gasteiger partial charge is 0.224 e. The minimum absolute atomic E-state index is 0.0752. The molecule has 1 rings (SSSR count). The van der Waals surface area contributed by atoms with Crippen LogP contribution >= 0.6 is 15.9 Å². The van der Waals surface area contributed by atoms with Crippen molar-refractivity contribution >= 4 is 26.0 Å². The first kappa shape index (κ1) is 11.4. The molecule has 78 valence electrons. The summed E-state index contributed by atoms with van der Waals surface area (Å²) >= 11 is 2.91. The van der Waals surface area contributed by atoms with Gasteiger partial charge in [-0.25, -0.2) is 8.42 Å². The van der Waals surface area contributed by atoms with E-state index in [1.807, 2.05) is 13.8 Å². The van der Waals surface area contributed by atoms with Crippen LogP contribution in [-0.2, 0) is 10.0 Å². The minimum atomic E-state index is -3.18. The van der Waals surface area contributed by atoms with E-state index in [1.54, 1.807) is 0 Å². The summed E-state index contributed by atoms with van der Waals surface area (Å²) in [7, 11) is -3.18. The van der Waals surface area contributed by atoms with Crippen molar-refractivity contribution < 1.29 is 13.5 Å². The highest BCUT2D eigenvalue weighted by Gasteiger charge is 2.48. The van der Waals surface area contributed by atoms with Crippen molar-refractivity contribution in [3.8, 4) is 0 Å². The molecule has 6 heteroatoms. The molecule has 0 unspecified atom stereocenters. The van der Waals surface area contributed by atoms with Gasteiger partial charge in [0.15, 0.2) is 0 Å². The molecule has 4 nitrogen and oxygen atoms in total. The van der Waals surface area contributed by atoms with Crippen molar-refractivity contribution in [2.45, 2.75) is 19.4 Å². The van der Waals surface area contributed by atoms with Crippen LogP contribution in [0.25, 0.3) is 0 Å². The molecule has 1 aliphatic rings. The van der Waals surface area contributed by atoms with Crippen molar-refractivity contribution in [1.29, 1.82) is 0 Å². The van der Waals surface area contributed by atoms with Crippen LogP contribution in [0.15, 0.2) is 0 Å². The van der Waals surface area contributed by atoms with Crippen LogP contribution in [0.1, 0.15) is 13.8 Å². The zero-order valence-corrected chi connectivity index (χ0v) is 10.1. The SMILES string of the molecule is CC(C)C1(O)CN(S(=O)(=O)CBr)C1. The Balaban J connectivity index is 2.60. The molecule has 1 fully saturated rings. The molecule has 0 bridgehead atoms. The summed E-state index contributed by atoms with van der Waals surface area (Å²) < 4.78 is 23.7. The molecule has 0 radical (unpaired) electrons. The molecule has 1 saturated heterocycles. The van der Waals surface area contributed by atoms with E-state index >= 15 is 0 Å². The fraction of sp³-hybridized carbons (Fsp3) is 1.00. The standard InChI is InChI=1S/C7H14BrNO3S/c1-6(2)7(10)3-9(4-7)13(11,12)5-8/h6,10H,3-5H2,1-2H3. The van der Waals surface area contributed by atoms with Gasteiger partial charge in [-0.05, 0) is 5.92 Å². The van der Waals surface area contributed by atoms with Gasteiger partial charge in [-0.2, -0.15) is 4.31 Å². The van der Waals surface area contributed by atoms with Gasteiger partial charge >= 0.3 is 0 Å². The summed E-state index contributed by atoms with van der Waals surface area (Å²) in [6.07, 6.45) is 0. The maximum atomic E-state index is 11.3. The van der Waals surface area contributed by atoms with Crippen molar-refractivity contribution in [3.05, 3.63) is 0 Å². The Morgan fingerprint density at radius 1 is 1.54 bits per heavy atom. The van der Waals surface area contributed by atoms with Crippen molar-refractivity contribution in [2.75, 3.05) is 17.8 Å². The number of alkyl halides is 1. The molecule has 1 heterocycles. The second-order valence-electron chi connectivity index (χ2n) is 3.75. The van der Waals surface area contributed by atoms with E-state index in [0.29, 0.717) is 0 Å². The van der Waals surface area contributed by atoms with E-state index in [9.17, 15) is 13.5 Å². The van der Waals surface area contributed by atoms with E-state index in [-0.39, 0.29) is 23.7 Å². The molecule has 0 aromatic rings. The maximum Gasteiger partial charge on any atom is 0.224 e. The third-order valence-corrected chi connectivity index (χ3v) is 5.56. The number of aliphatic hydroxyl groups is 1. The summed E-state index contributed by atoms with van der Waals surface area (Å²) in [6.45, 7) is 4.22. The number of halogens is 1. The van der Waals surface area contributed by atoms with Gasteiger partial charge < -0.3 is 5.11 Å². The van der Waals surface area contributed by atoms with Gasteiger partial charge in [0.2, 0.25) is 10.0 Å². The Kier molecular flexibility index (Phi) is 3.07. The normalized spacial score (nSPS) is 23.2. The van der Waals surface area contributed by atoms with Gasteiger partial charge in [-0.3, -0.25) is 0 Å². The van der Waals surface area contributed by atoms with Gasteiger partial charge in [0.25, 0.3) is 0 Å². The lowest BCUT2D eigenvalue weighted by Crippen LogP contribution is -2.65. The third-order valence-electron chi connectivity index (χ3n) is 2.51. The van der Waals surface area contributed by atoms with Crippen LogP contribution in [0.5, 0.6) is 0 Å². The summed E-state index contributed by atoms with van der Waals surface area (Å²) in [4.78, 5) is 0. The number of nitrogens with zero attached hydrogens (tertiary/aromatic N) is 1. The molecule has 0 aromatic heterocycles. The minimum Gasteiger partial charge on any atom is -0.387 e. The van der Waals surface area contributed by atoms with Gasteiger partial charge in [-0.1, -0.05) is 29.8 Å². The lowest BCUT2D eigenvalue weighted by Gasteiger charge is -2.47. The Labute approximate surface area is 87.1 Å². The highest BCUT2D eigenvalue weighted by molar-refractivity contribution is 9.10. The number of hydrogen-bond donors (Lipinski definition) is 1. The molecule has 0 saturated carbocycles. The molecule has 0 aromatic carbocycles. The number of rotatable bonds is 3. The van der Waals surface area contributed by atoms with E-state index in [2.05, 4.69) is 15.9 Å². The van der Waals surface area contributed by atoms with E-state index in [4.69, 9.17) is 0 Å². The largest absolute Gasteiger partial charge is 0.387 e. The molecule has 1 aliphatic heterocycles. The Morgan fingerprint density at radius 2 is 2.00 bits per heavy atom. The number of sulfonamides is 1. The van der Waals surface area contributed by atoms with Gasteiger partial charge in [-0.15, -0.1) is 0 Å². The van der Waals surface area contributed by atoms with E-state index in [0.717, 1.165) is 0 Å². The molecule has 13 heavy (non-hydrogen) atoms. The van der Waals surface area contributed by atoms with E-state index in [1.165, 1.54) is 4.31 Å². The van der Waals surface area contributed by atoms with Crippen LogP contribution in [0.4, 0.5) is 0 Å². The topological polar surface area (TPSA) is 57.6 Å². The fourth-order valence-corrected chi connectivity index (χ4v) is 3.04. The van der Waals surface area contributed by atoms with Crippen molar-refractivity contribution in [1.82, 2.24) is 4.31 Å². The summed E-state index contributed by atoms with van der Waals surface area (Å²) in [6, 6.07) is 0. The van der Waals surface area contributed by atoms with Gasteiger partial charge in [0, 0.05) is 13.1 Å². The van der Waals surface area contributed by atoms with Crippen molar-refractivity contribution in [3.63, 3.8) is 0 Å². The fourth-order valence-electron chi connectivity index (χ4n) is 1.20.